The number of esters is 1. The number of hydrogen-bond donors (Lipinski definition) is 0. The molecular weight excluding hydrogens is 412 g/mol. The normalized spacial score (nSPS) is 11.3. The summed E-state index contributed by atoms with van der Waals surface area (Å²) in [5.74, 6) is 0.320. The van der Waals surface area contributed by atoms with Crippen molar-refractivity contribution in [3.05, 3.63) is 88.4 Å². The molecule has 0 fully saturated rings. The first-order valence-electron chi connectivity index (χ1n) is 9.48. The lowest BCUT2D eigenvalue weighted by molar-refractivity contribution is -0.134. The topological polar surface area (TPSA) is 26.3 Å². The molecule has 0 aliphatic carbocycles. The molecule has 28 heavy (non-hydrogen) atoms. The average Bonchev–Trinajstić information content (AvgIpc) is 2.68. The van der Waals surface area contributed by atoms with Gasteiger partial charge in [-0.05, 0) is 62.2 Å². The van der Waals surface area contributed by atoms with Crippen LogP contribution < -0.4 is 4.74 Å². The van der Waals surface area contributed by atoms with Crippen LogP contribution in [0.25, 0.3) is 11.1 Å². The van der Waals surface area contributed by atoms with Crippen molar-refractivity contribution in [1.82, 2.24) is 0 Å². The molecule has 0 saturated heterocycles. The Labute approximate surface area is 175 Å². The fourth-order valence-electron chi connectivity index (χ4n) is 2.99. The van der Waals surface area contributed by atoms with Gasteiger partial charge in [0.1, 0.15) is 5.75 Å². The van der Waals surface area contributed by atoms with E-state index >= 15 is 0 Å². The van der Waals surface area contributed by atoms with E-state index in [0.717, 1.165) is 21.2 Å². The number of ether oxygens (including phenoxy) is 1. The second-order valence-electron chi connectivity index (χ2n) is 7.93. The van der Waals surface area contributed by atoms with E-state index in [-0.39, 0.29) is 11.4 Å². The Morgan fingerprint density at radius 3 is 2.18 bits per heavy atom. The largest absolute Gasteiger partial charge is 0.425 e. The van der Waals surface area contributed by atoms with Crippen LogP contribution in [0.2, 0.25) is 0 Å². The molecule has 0 aliphatic rings. The van der Waals surface area contributed by atoms with Gasteiger partial charge in [-0.15, -0.1) is 0 Å². The molecule has 0 bridgehead atoms. The molecule has 0 N–H and O–H groups in total. The molecule has 3 aromatic carbocycles. The van der Waals surface area contributed by atoms with Gasteiger partial charge in [0.15, 0.2) is 0 Å². The van der Waals surface area contributed by atoms with Crippen molar-refractivity contribution >= 4 is 21.9 Å². The van der Waals surface area contributed by atoms with Gasteiger partial charge in [-0.25, -0.2) is 0 Å². The summed E-state index contributed by atoms with van der Waals surface area (Å²) in [7, 11) is 0. The fourth-order valence-corrected chi connectivity index (χ4v) is 3.44. The predicted molar refractivity (Wildman–Crippen MR) is 119 cm³/mol. The number of rotatable bonds is 5. The van der Waals surface area contributed by atoms with Crippen LogP contribution in [0, 0.1) is 0 Å². The van der Waals surface area contributed by atoms with Crippen LogP contribution in [0.5, 0.6) is 5.75 Å². The molecule has 144 valence electrons. The van der Waals surface area contributed by atoms with Gasteiger partial charge in [0.25, 0.3) is 0 Å². The van der Waals surface area contributed by atoms with Crippen LogP contribution in [0.1, 0.15) is 38.3 Å². The van der Waals surface area contributed by atoms with E-state index < -0.39 is 0 Å². The minimum atomic E-state index is -0.229. The highest BCUT2D eigenvalue weighted by atomic mass is 79.9. The Kier molecular flexibility index (Phi) is 6.35. The number of carbonyl (C=O) groups excluding carboxylic acids is 1. The molecule has 3 rings (SSSR count). The zero-order chi connectivity index (χ0) is 20.1. The fraction of sp³-hybridized carbons (Fsp3) is 0.240. The minimum absolute atomic E-state index is 0.135. The van der Waals surface area contributed by atoms with Crippen LogP contribution in [-0.2, 0) is 16.6 Å². The molecule has 3 heteroatoms. The highest BCUT2D eigenvalue weighted by molar-refractivity contribution is 9.10. The van der Waals surface area contributed by atoms with E-state index in [1.807, 2.05) is 36.4 Å². The zero-order valence-electron chi connectivity index (χ0n) is 16.5. The number of halogens is 1. The van der Waals surface area contributed by atoms with E-state index in [4.69, 9.17) is 4.74 Å². The molecule has 2 nitrogen and oxygen atoms in total. The van der Waals surface area contributed by atoms with Gasteiger partial charge in [0.2, 0.25) is 0 Å². The molecule has 0 aliphatic heterocycles. The van der Waals surface area contributed by atoms with Gasteiger partial charge in [0.05, 0.1) is 4.47 Å². The van der Waals surface area contributed by atoms with Crippen molar-refractivity contribution < 1.29 is 9.53 Å². The Hall–Kier alpha value is -2.39. The Morgan fingerprint density at radius 2 is 1.57 bits per heavy atom. The SMILES string of the molecule is CC(C)(C)c1ccc(CCC(=O)Oc2ccc(-c3ccccc3)cc2Br)cc1. The van der Waals surface area contributed by atoms with E-state index in [0.29, 0.717) is 18.6 Å². The third kappa shape index (κ3) is 5.32. The van der Waals surface area contributed by atoms with Crippen LogP contribution in [0.3, 0.4) is 0 Å². The first-order valence-corrected chi connectivity index (χ1v) is 10.3. The standard InChI is InChI=1S/C25H25BrO2/c1-25(2,3)21-13-9-18(10-14-21)11-16-24(27)28-23-15-12-20(17-22(23)26)19-7-5-4-6-8-19/h4-10,12-15,17H,11,16H2,1-3H3. The number of hydrogen-bond acceptors (Lipinski definition) is 2. The van der Waals surface area contributed by atoms with Gasteiger partial charge >= 0.3 is 5.97 Å². The molecule has 3 aromatic rings. The number of carbonyl (C=O) groups is 1. The highest BCUT2D eigenvalue weighted by Gasteiger charge is 2.14. The van der Waals surface area contributed by atoms with Crippen molar-refractivity contribution in [2.45, 2.75) is 39.0 Å². The Balaban J connectivity index is 1.59. The van der Waals surface area contributed by atoms with Crippen molar-refractivity contribution in [2.75, 3.05) is 0 Å². The second kappa shape index (κ2) is 8.74. The van der Waals surface area contributed by atoms with Crippen molar-refractivity contribution in [2.24, 2.45) is 0 Å². The first-order chi connectivity index (χ1) is 13.3. The molecule has 0 amide bonds. The quantitative estimate of drug-likeness (QED) is 0.319. The molecule has 0 radical (unpaired) electrons. The van der Waals surface area contributed by atoms with Crippen molar-refractivity contribution in [3.63, 3.8) is 0 Å². The van der Waals surface area contributed by atoms with E-state index in [9.17, 15) is 4.79 Å². The lowest BCUT2D eigenvalue weighted by Gasteiger charge is -2.19. The van der Waals surface area contributed by atoms with Gasteiger partial charge < -0.3 is 4.74 Å². The summed E-state index contributed by atoms with van der Waals surface area (Å²) >= 11 is 3.52. The average molecular weight is 437 g/mol. The highest BCUT2D eigenvalue weighted by Crippen LogP contribution is 2.31. The molecule has 0 saturated carbocycles. The zero-order valence-corrected chi connectivity index (χ0v) is 18.1. The van der Waals surface area contributed by atoms with E-state index in [2.05, 4.69) is 73.1 Å². The van der Waals surface area contributed by atoms with Gasteiger partial charge in [-0.2, -0.15) is 0 Å². The van der Waals surface area contributed by atoms with Gasteiger partial charge in [-0.1, -0.05) is 81.4 Å². The lowest BCUT2D eigenvalue weighted by atomic mass is 9.86. The van der Waals surface area contributed by atoms with Crippen LogP contribution in [0.4, 0.5) is 0 Å². The molecule has 0 aromatic heterocycles. The van der Waals surface area contributed by atoms with E-state index in [1.165, 1.54) is 5.56 Å². The third-order valence-electron chi connectivity index (χ3n) is 4.70. The molecule has 0 unspecified atom stereocenters. The smallest absolute Gasteiger partial charge is 0.311 e. The monoisotopic (exact) mass is 436 g/mol. The summed E-state index contributed by atoms with van der Waals surface area (Å²) in [6.07, 6.45) is 1.02. The maximum Gasteiger partial charge on any atom is 0.311 e. The number of aryl methyl sites for hydroxylation is 1. The van der Waals surface area contributed by atoms with Gasteiger partial charge in [0, 0.05) is 6.42 Å². The van der Waals surface area contributed by atoms with E-state index in [1.54, 1.807) is 0 Å². The summed E-state index contributed by atoms with van der Waals surface area (Å²) < 4.78 is 6.32. The van der Waals surface area contributed by atoms with Gasteiger partial charge in [-0.3, -0.25) is 4.79 Å². The Morgan fingerprint density at radius 1 is 0.893 bits per heavy atom. The third-order valence-corrected chi connectivity index (χ3v) is 5.32. The number of benzene rings is 3. The Bertz CT molecular complexity index is 939. The van der Waals surface area contributed by atoms with Crippen LogP contribution in [0.15, 0.2) is 77.3 Å². The molecule has 0 heterocycles. The minimum Gasteiger partial charge on any atom is -0.425 e. The maximum atomic E-state index is 12.3. The first kappa shape index (κ1) is 20.3. The summed E-state index contributed by atoms with van der Waals surface area (Å²) in [5.41, 5.74) is 4.77. The lowest BCUT2D eigenvalue weighted by Crippen LogP contribution is -2.11. The molecule has 0 spiro atoms. The van der Waals surface area contributed by atoms with Crippen LogP contribution >= 0.6 is 15.9 Å². The second-order valence-corrected chi connectivity index (χ2v) is 8.79. The summed E-state index contributed by atoms with van der Waals surface area (Å²) in [6.45, 7) is 6.58. The van der Waals surface area contributed by atoms with Crippen molar-refractivity contribution in [3.8, 4) is 16.9 Å². The molecule has 0 atom stereocenters. The predicted octanol–water partition coefficient (Wildman–Crippen LogP) is 6.95. The van der Waals surface area contributed by atoms with Crippen LogP contribution in [-0.4, -0.2) is 5.97 Å². The summed E-state index contributed by atoms with van der Waals surface area (Å²) in [6, 6.07) is 24.4. The summed E-state index contributed by atoms with van der Waals surface area (Å²) in [4.78, 5) is 12.3. The summed E-state index contributed by atoms with van der Waals surface area (Å²) in [5, 5.41) is 0. The van der Waals surface area contributed by atoms with Crippen molar-refractivity contribution in [1.29, 1.82) is 0 Å². The maximum absolute atomic E-state index is 12.3. The molecular formula is C25H25BrO2.